The zero-order chi connectivity index (χ0) is 14.7. The molecular weight excluding hydrogens is 258 g/mol. The second kappa shape index (κ2) is 5.94. The van der Waals surface area contributed by atoms with Crippen molar-refractivity contribution in [3.8, 4) is 5.75 Å². The Morgan fingerprint density at radius 3 is 2.80 bits per heavy atom. The molecule has 0 radical (unpaired) electrons. The summed E-state index contributed by atoms with van der Waals surface area (Å²) < 4.78 is 5.16. The molecule has 0 unspecified atom stereocenters. The van der Waals surface area contributed by atoms with E-state index in [1.807, 2.05) is 31.2 Å². The molecule has 20 heavy (non-hydrogen) atoms. The van der Waals surface area contributed by atoms with Crippen molar-refractivity contribution in [1.82, 2.24) is 4.90 Å². The molecule has 0 aliphatic carbocycles. The SMILES string of the molecule is COc1cccc([C@H](C)C(=O)N2CC[C@@H](C(=O)O)C2)c1. The first kappa shape index (κ1) is 14.4. The lowest BCUT2D eigenvalue weighted by Crippen LogP contribution is -2.33. The fourth-order valence-corrected chi connectivity index (χ4v) is 2.49. The maximum absolute atomic E-state index is 12.4. The third kappa shape index (κ3) is 2.92. The van der Waals surface area contributed by atoms with Crippen LogP contribution in [0, 0.1) is 5.92 Å². The van der Waals surface area contributed by atoms with Crippen LogP contribution in [0.5, 0.6) is 5.75 Å². The summed E-state index contributed by atoms with van der Waals surface area (Å²) in [6.07, 6.45) is 0.534. The molecule has 0 saturated carbocycles. The van der Waals surface area contributed by atoms with Gasteiger partial charge in [0.1, 0.15) is 5.75 Å². The number of aliphatic carboxylic acids is 1. The summed E-state index contributed by atoms with van der Waals surface area (Å²) in [7, 11) is 1.59. The number of carbonyl (C=O) groups excluding carboxylic acids is 1. The highest BCUT2D eigenvalue weighted by atomic mass is 16.5. The maximum atomic E-state index is 12.4. The van der Waals surface area contributed by atoms with Crippen LogP contribution in [0.15, 0.2) is 24.3 Å². The first-order valence-electron chi connectivity index (χ1n) is 6.68. The number of hydrogen-bond donors (Lipinski definition) is 1. The van der Waals surface area contributed by atoms with Gasteiger partial charge < -0.3 is 14.7 Å². The highest BCUT2D eigenvalue weighted by Gasteiger charge is 2.33. The van der Waals surface area contributed by atoms with E-state index in [-0.39, 0.29) is 11.8 Å². The van der Waals surface area contributed by atoms with E-state index in [2.05, 4.69) is 0 Å². The maximum Gasteiger partial charge on any atom is 0.308 e. The quantitative estimate of drug-likeness (QED) is 0.910. The van der Waals surface area contributed by atoms with Gasteiger partial charge in [0.15, 0.2) is 0 Å². The molecule has 5 nitrogen and oxygen atoms in total. The molecule has 1 heterocycles. The zero-order valence-electron chi connectivity index (χ0n) is 11.7. The van der Waals surface area contributed by atoms with Gasteiger partial charge in [0.25, 0.3) is 0 Å². The van der Waals surface area contributed by atoms with E-state index in [4.69, 9.17) is 9.84 Å². The number of carboxylic acids is 1. The third-order valence-corrected chi connectivity index (χ3v) is 3.81. The smallest absolute Gasteiger partial charge is 0.308 e. The van der Waals surface area contributed by atoms with Crippen molar-refractivity contribution in [3.63, 3.8) is 0 Å². The molecule has 0 bridgehead atoms. The fraction of sp³-hybridized carbons (Fsp3) is 0.467. The van der Waals surface area contributed by atoms with E-state index in [0.29, 0.717) is 25.3 Å². The van der Waals surface area contributed by atoms with Crippen molar-refractivity contribution in [2.24, 2.45) is 5.92 Å². The van der Waals surface area contributed by atoms with Crippen molar-refractivity contribution >= 4 is 11.9 Å². The second-order valence-electron chi connectivity index (χ2n) is 5.11. The highest BCUT2D eigenvalue weighted by Crippen LogP contribution is 2.25. The van der Waals surface area contributed by atoms with Crippen molar-refractivity contribution in [3.05, 3.63) is 29.8 Å². The number of carboxylic acid groups (broad SMARTS) is 1. The molecule has 1 aliphatic heterocycles. The molecule has 1 amide bonds. The summed E-state index contributed by atoms with van der Waals surface area (Å²) in [4.78, 5) is 25.0. The minimum atomic E-state index is -0.825. The van der Waals surface area contributed by atoms with Crippen LogP contribution in [0.2, 0.25) is 0 Å². The van der Waals surface area contributed by atoms with Crippen LogP contribution in [0.1, 0.15) is 24.8 Å². The first-order chi connectivity index (χ1) is 9.52. The normalized spacial score (nSPS) is 19.7. The van der Waals surface area contributed by atoms with Gasteiger partial charge >= 0.3 is 5.97 Å². The van der Waals surface area contributed by atoms with E-state index in [0.717, 1.165) is 5.56 Å². The summed E-state index contributed by atoms with van der Waals surface area (Å²) in [6, 6.07) is 7.40. The Labute approximate surface area is 118 Å². The Morgan fingerprint density at radius 2 is 2.20 bits per heavy atom. The first-order valence-corrected chi connectivity index (χ1v) is 6.68. The molecule has 0 spiro atoms. The Bertz CT molecular complexity index is 514. The van der Waals surface area contributed by atoms with Gasteiger partial charge in [-0.2, -0.15) is 0 Å². The molecule has 1 fully saturated rings. The standard InChI is InChI=1S/C15H19NO4/c1-10(11-4-3-5-13(8-11)20-2)14(17)16-7-6-12(9-16)15(18)19/h3-5,8,10,12H,6-7,9H2,1-2H3,(H,18,19)/t10-,12+/m0/s1. The molecule has 1 N–H and O–H groups in total. The number of benzene rings is 1. The zero-order valence-corrected chi connectivity index (χ0v) is 11.7. The Hall–Kier alpha value is -2.04. The lowest BCUT2D eigenvalue weighted by atomic mass is 9.99. The van der Waals surface area contributed by atoms with E-state index in [1.165, 1.54) is 0 Å². The summed E-state index contributed by atoms with van der Waals surface area (Å²) in [6.45, 7) is 2.66. The number of rotatable bonds is 4. The highest BCUT2D eigenvalue weighted by molar-refractivity contribution is 5.84. The molecule has 1 aromatic rings. The Balaban J connectivity index is 2.07. The largest absolute Gasteiger partial charge is 0.497 e. The summed E-state index contributed by atoms with van der Waals surface area (Å²) in [5.41, 5.74) is 0.883. The minimum absolute atomic E-state index is 0.0259. The second-order valence-corrected chi connectivity index (χ2v) is 5.11. The molecule has 2 rings (SSSR count). The van der Waals surface area contributed by atoms with Gasteiger partial charge in [-0.3, -0.25) is 9.59 Å². The van der Waals surface area contributed by atoms with E-state index < -0.39 is 11.9 Å². The number of likely N-dealkylation sites (tertiary alicyclic amines) is 1. The molecule has 1 saturated heterocycles. The summed E-state index contributed by atoms with van der Waals surface area (Å²) in [5.74, 6) is -0.863. The van der Waals surface area contributed by atoms with Crippen LogP contribution in [-0.4, -0.2) is 42.1 Å². The third-order valence-electron chi connectivity index (χ3n) is 3.81. The van der Waals surface area contributed by atoms with E-state index in [9.17, 15) is 9.59 Å². The van der Waals surface area contributed by atoms with Crippen LogP contribution < -0.4 is 4.74 Å². The van der Waals surface area contributed by atoms with Gasteiger partial charge in [0, 0.05) is 13.1 Å². The average Bonchev–Trinajstić information content (AvgIpc) is 2.95. The van der Waals surface area contributed by atoms with Gasteiger partial charge in [0.05, 0.1) is 18.9 Å². The summed E-state index contributed by atoms with van der Waals surface area (Å²) >= 11 is 0. The number of carbonyl (C=O) groups is 2. The summed E-state index contributed by atoms with van der Waals surface area (Å²) in [5, 5.41) is 8.98. The Morgan fingerprint density at radius 1 is 1.45 bits per heavy atom. The molecule has 1 aromatic carbocycles. The van der Waals surface area contributed by atoms with Crippen molar-refractivity contribution in [2.75, 3.05) is 20.2 Å². The molecular formula is C15H19NO4. The predicted octanol–water partition coefficient (Wildman–Crippen LogP) is 1.73. The van der Waals surface area contributed by atoms with Crippen LogP contribution in [0.3, 0.4) is 0 Å². The van der Waals surface area contributed by atoms with Gasteiger partial charge in [0.2, 0.25) is 5.91 Å². The number of methoxy groups -OCH3 is 1. The predicted molar refractivity (Wildman–Crippen MR) is 73.7 cm³/mol. The Kier molecular flexibility index (Phi) is 4.27. The van der Waals surface area contributed by atoms with Crippen molar-refractivity contribution in [1.29, 1.82) is 0 Å². The number of amides is 1. The van der Waals surface area contributed by atoms with Gasteiger partial charge in [-0.05, 0) is 31.0 Å². The van der Waals surface area contributed by atoms with Crippen molar-refractivity contribution < 1.29 is 19.4 Å². The fourth-order valence-electron chi connectivity index (χ4n) is 2.49. The molecule has 0 aromatic heterocycles. The van der Waals surface area contributed by atoms with Gasteiger partial charge in [-0.1, -0.05) is 12.1 Å². The topological polar surface area (TPSA) is 66.8 Å². The molecule has 1 aliphatic rings. The van der Waals surface area contributed by atoms with E-state index in [1.54, 1.807) is 12.0 Å². The van der Waals surface area contributed by atoms with E-state index >= 15 is 0 Å². The van der Waals surface area contributed by atoms with Crippen LogP contribution in [-0.2, 0) is 9.59 Å². The van der Waals surface area contributed by atoms with Gasteiger partial charge in [-0.25, -0.2) is 0 Å². The lowest BCUT2D eigenvalue weighted by molar-refractivity contribution is -0.141. The molecule has 108 valence electrons. The lowest BCUT2D eigenvalue weighted by Gasteiger charge is -2.21. The molecule has 2 atom stereocenters. The monoisotopic (exact) mass is 277 g/mol. The number of nitrogens with zero attached hydrogens (tertiary/aromatic N) is 1. The van der Waals surface area contributed by atoms with Crippen molar-refractivity contribution in [2.45, 2.75) is 19.3 Å². The van der Waals surface area contributed by atoms with Gasteiger partial charge in [-0.15, -0.1) is 0 Å². The van der Waals surface area contributed by atoms with Crippen LogP contribution >= 0.6 is 0 Å². The average molecular weight is 277 g/mol. The minimum Gasteiger partial charge on any atom is -0.497 e. The van der Waals surface area contributed by atoms with Crippen LogP contribution in [0.4, 0.5) is 0 Å². The number of ether oxygens (including phenoxy) is 1. The number of hydrogen-bond acceptors (Lipinski definition) is 3. The molecule has 5 heteroatoms. The van der Waals surface area contributed by atoms with Crippen LogP contribution in [0.25, 0.3) is 0 Å².